The Morgan fingerprint density at radius 3 is 2.06 bits per heavy atom. The first-order valence-electron chi connectivity index (χ1n) is 5.36. The van der Waals surface area contributed by atoms with Crippen LogP contribution < -0.4 is 0 Å². The van der Waals surface area contributed by atoms with Crippen LogP contribution in [0.1, 0.15) is 25.6 Å². The van der Waals surface area contributed by atoms with Crippen molar-refractivity contribution in [1.82, 2.24) is 0 Å². The van der Waals surface area contributed by atoms with Crippen LogP contribution in [-0.4, -0.2) is 5.11 Å². The van der Waals surface area contributed by atoms with Gasteiger partial charge in [-0.05, 0) is 47.4 Å². The summed E-state index contributed by atoms with van der Waals surface area (Å²) >= 11 is 1.82. The highest BCUT2D eigenvalue weighted by molar-refractivity contribution is 7.15. The van der Waals surface area contributed by atoms with Crippen molar-refractivity contribution in [3.8, 4) is 16.2 Å². The Bertz CT molecular complexity index is 474. The number of benzene rings is 1. The number of rotatable bonds is 1. The van der Waals surface area contributed by atoms with Crippen LogP contribution >= 0.6 is 11.3 Å². The minimum absolute atomic E-state index is 0.208. The van der Waals surface area contributed by atoms with Gasteiger partial charge in [-0.25, -0.2) is 0 Å². The maximum absolute atomic E-state index is 9.24. The Morgan fingerprint density at radius 2 is 1.56 bits per heavy atom. The first kappa shape index (κ1) is 11.2. The van der Waals surface area contributed by atoms with Gasteiger partial charge in [0.15, 0.2) is 0 Å². The maximum Gasteiger partial charge on any atom is 0.115 e. The lowest BCUT2D eigenvalue weighted by Crippen LogP contribution is -2.07. The number of aromatic hydroxyl groups is 1. The molecule has 0 fully saturated rings. The van der Waals surface area contributed by atoms with Gasteiger partial charge >= 0.3 is 0 Å². The molecule has 0 aliphatic carbocycles. The van der Waals surface area contributed by atoms with Gasteiger partial charge < -0.3 is 5.11 Å². The molecule has 1 N–H and O–H groups in total. The summed E-state index contributed by atoms with van der Waals surface area (Å²) in [5.74, 6) is 0.316. The molecule has 2 rings (SSSR count). The van der Waals surface area contributed by atoms with Crippen molar-refractivity contribution < 1.29 is 5.11 Å². The molecule has 0 spiro atoms. The van der Waals surface area contributed by atoms with Crippen LogP contribution in [0.3, 0.4) is 0 Å². The topological polar surface area (TPSA) is 20.2 Å². The zero-order valence-electron chi connectivity index (χ0n) is 9.82. The van der Waals surface area contributed by atoms with Crippen molar-refractivity contribution in [2.24, 2.45) is 0 Å². The number of hydrogen-bond acceptors (Lipinski definition) is 2. The lowest BCUT2D eigenvalue weighted by molar-refractivity contribution is 0.475. The first-order valence-corrected chi connectivity index (χ1v) is 6.18. The molecular formula is C14H16OS. The molecular weight excluding hydrogens is 216 g/mol. The van der Waals surface area contributed by atoms with E-state index in [1.54, 1.807) is 12.1 Å². The van der Waals surface area contributed by atoms with Crippen LogP contribution in [0.25, 0.3) is 10.4 Å². The summed E-state index contributed by atoms with van der Waals surface area (Å²) < 4.78 is 0. The van der Waals surface area contributed by atoms with Crippen LogP contribution in [0, 0.1) is 0 Å². The molecule has 0 saturated heterocycles. The van der Waals surface area contributed by atoms with E-state index in [0.29, 0.717) is 5.75 Å². The van der Waals surface area contributed by atoms with E-state index >= 15 is 0 Å². The smallest absolute Gasteiger partial charge is 0.115 e. The Morgan fingerprint density at radius 1 is 0.938 bits per heavy atom. The molecule has 1 heterocycles. The van der Waals surface area contributed by atoms with Crippen molar-refractivity contribution >= 4 is 11.3 Å². The molecule has 1 nitrogen and oxygen atoms in total. The number of phenolic OH excluding ortho intramolecular Hbond substituents is 1. The van der Waals surface area contributed by atoms with Crippen LogP contribution in [0.2, 0.25) is 0 Å². The Kier molecular flexibility index (Phi) is 2.76. The predicted molar refractivity (Wildman–Crippen MR) is 70.1 cm³/mol. The molecule has 0 bridgehead atoms. The molecule has 0 unspecified atom stereocenters. The third-order valence-electron chi connectivity index (χ3n) is 2.50. The molecule has 0 saturated carbocycles. The molecule has 0 radical (unpaired) electrons. The molecule has 2 heteroatoms. The number of phenols is 1. The van der Waals surface area contributed by atoms with Gasteiger partial charge in [-0.15, -0.1) is 11.3 Å². The van der Waals surface area contributed by atoms with E-state index in [9.17, 15) is 5.11 Å². The van der Waals surface area contributed by atoms with Gasteiger partial charge in [-0.3, -0.25) is 0 Å². The summed E-state index contributed by atoms with van der Waals surface area (Å²) in [6, 6.07) is 11.7. The SMILES string of the molecule is CC(C)(C)c1ccc(-c2ccc(O)cc2)s1. The third-order valence-corrected chi connectivity index (χ3v) is 4.06. The molecule has 1 aromatic carbocycles. The minimum atomic E-state index is 0.208. The molecule has 0 aliphatic rings. The molecule has 84 valence electrons. The van der Waals surface area contributed by atoms with Gasteiger partial charge in [-0.2, -0.15) is 0 Å². The number of thiophene rings is 1. The summed E-state index contributed by atoms with van der Waals surface area (Å²) in [5, 5.41) is 9.24. The van der Waals surface area contributed by atoms with E-state index in [1.807, 2.05) is 23.5 Å². The second-order valence-electron chi connectivity index (χ2n) is 4.96. The largest absolute Gasteiger partial charge is 0.508 e. The standard InChI is InChI=1S/C14H16OS/c1-14(2,3)13-9-8-12(16-13)10-4-6-11(15)7-5-10/h4-9,15H,1-3H3. The van der Waals surface area contributed by atoms with Gasteiger partial charge in [0.05, 0.1) is 0 Å². The second-order valence-corrected chi connectivity index (χ2v) is 6.04. The second kappa shape index (κ2) is 3.95. The molecule has 16 heavy (non-hydrogen) atoms. The molecule has 0 atom stereocenters. The summed E-state index contributed by atoms with van der Waals surface area (Å²) in [5.41, 5.74) is 1.37. The van der Waals surface area contributed by atoms with Crippen LogP contribution in [-0.2, 0) is 5.41 Å². The summed E-state index contributed by atoms with van der Waals surface area (Å²) in [6.07, 6.45) is 0. The van der Waals surface area contributed by atoms with Gasteiger partial charge in [0.2, 0.25) is 0 Å². The van der Waals surface area contributed by atoms with E-state index in [2.05, 4.69) is 32.9 Å². The molecule has 1 aromatic heterocycles. The highest BCUT2D eigenvalue weighted by Crippen LogP contribution is 2.35. The predicted octanol–water partition coefficient (Wildman–Crippen LogP) is 4.42. The van der Waals surface area contributed by atoms with E-state index in [4.69, 9.17) is 0 Å². The van der Waals surface area contributed by atoms with Crippen LogP contribution in [0.15, 0.2) is 36.4 Å². The third kappa shape index (κ3) is 2.27. The summed E-state index contributed by atoms with van der Waals surface area (Å²) in [4.78, 5) is 2.64. The maximum atomic E-state index is 9.24. The zero-order chi connectivity index (χ0) is 11.8. The van der Waals surface area contributed by atoms with Gasteiger partial charge in [0.25, 0.3) is 0 Å². The molecule has 0 aliphatic heterocycles. The van der Waals surface area contributed by atoms with Gasteiger partial charge in [0, 0.05) is 9.75 Å². The Hall–Kier alpha value is -1.28. The fourth-order valence-corrected chi connectivity index (χ4v) is 2.59. The van der Waals surface area contributed by atoms with Crippen LogP contribution in [0.5, 0.6) is 5.75 Å². The zero-order valence-corrected chi connectivity index (χ0v) is 10.6. The first-order chi connectivity index (χ1) is 7.47. The van der Waals surface area contributed by atoms with E-state index in [-0.39, 0.29) is 5.41 Å². The fourth-order valence-electron chi connectivity index (χ4n) is 1.52. The normalized spacial score (nSPS) is 11.7. The van der Waals surface area contributed by atoms with Crippen molar-refractivity contribution in [1.29, 1.82) is 0 Å². The highest BCUT2D eigenvalue weighted by atomic mass is 32.1. The van der Waals surface area contributed by atoms with Gasteiger partial charge in [0.1, 0.15) is 5.75 Å². The fraction of sp³-hybridized carbons (Fsp3) is 0.286. The number of hydrogen-bond donors (Lipinski definition) is 1. The summed E-state index contributed by atoms with van der Waals surface area (Å²) in [6.45, 7) is 6.66. The lowest BCUT2D eigenvalue weighted by Gasteiger charge is -2.15. The highest BCUT2D eigenvalue weighted by Gasteiger charge is 2.16. The van der Waals surface area contributed by atoms with Crippen LogP contribution in [0.4, 0.5) is 0 Å². The monoisotopic (exact) mass is 232 g/mol. The Labute approximate surface area is 100 Å². The molecule has 0 amide bonds. The van der Waals surface area contributed by atoms with E-state index < -0.39 is 0 Å². The van der Waals surface area contributed by atoms with Crippen molar-refractivity contribution in [2.75, 3.05) is 0 Å². The lowest BCUT2D eigenvalue weighted by atomic mass is 9.95. The van der Waals surface area contributed by atoms with Crippen molar-refractivity contribution in [2.45, 2.75) is 26.2 Å². The van der Waals surface area contributed by atoms with Crippen molar-refractivity contribution in [3.63, 3.8) is 0 Å². The molecule has 2 aromatic rings. The van der Waals surface area contributed by atoms with Gasteiger partial charge in [-0.1, -0.05) is 20.8 Å². The average Bonchev–Trinajstić information content (AvgIpc) is 2.67. The Balaban J connectivity index is 2.35. The average molecular weight is 232 g/mol. The van der Waals surface area contributed by atoms with E-state index in [0.717, 1.165) is 0 Å². The minimum Gasteiger partial charge on any atom is -0.508 e. The quantitative estimate of drug-likeness (QED) is 0.771. The van der Waals surface area contributed by atoms with E-state index in [1.165, 1.54) is 15.3 Å². The summed E-state index contributed by atoms with van der Waals surface area (Å²) in [7, 11) is 0. The van der Waals surface area contributed by atoms with Crippen molar-refractivity contribution in [3.05, 3.63) is 41.3 Å².